The van der Waals surface area contributed by atoms with Gasteiger partial charge in [-0.25, -0.2) is 4.98 Å². The maximum atomic E-state index is 12.5. The molecule has 0 radical (unpaired) electrons. The summed E-state index contributed by atoms with van der Waals surface area (Å²) < 4.78 is 11.0. The number of ether oxygens (including phenoxy) is 1. The van der Waals surface area contributed by atoms with E-state index in [1.54, 1.807) is 24.1 Å². The van der Waals surface area contributed by atoms with Gasteiger partial charge < -0.3 is 19.2 Å². The smallest absolute Gasteiger partial charge is 0.275 e. The van der Waals surface area contributed by atoms with Gasteiger partial charge in [-0.2, -0.15) is 0 Å². The van der Waals surface area contributed by atoms with Gasteiger partial charge >= 0.3 is 0 Å². The van der Waals surface area contributed by atoms with Crippen molar-refractivity contribution in [2.24, 2.45) is 0 Å². The lowest BCUT2D eigenvalue weighted by Crippen LogP contribution is -2.33. The molecule has 128 valence electrons. The third-order valence-corrected chi connectivity index (χ3v) is 4.17. The quantitative estimate of drug-likeness (QED) is 0.921. The molecule has 1 fully saturated rings. The molecule has 0 aliphatic carbocycles. The van der Waals surface area contributed by atoms with E-state index in [2.05, 4.69) is 9.97 Å². The Balaban J connectivity index is 1.67. The van der Waals surface area contributed by atoms with Crippen LogP contribution in [0.15, 0.2) is 29.0 Å². The molecule has 1 aliphatic heterocycles. The Hall–Kier alpha value is -2.41. The average molecular weight is 331 g/mol. The van der Waals surface area contributed by atoms with Gasteiger partial charge in [0.2, 0.25) is 0 Å². The summed E-state index contributed by atoms with van der Waals surface area (Å²) in [4.78, 5) is 22.4. The molecule has 1 aliphatic rings. The molecular formula is C17H21N3O4. The van der Waals surface area contributed by atoms with Gasteiger partial charge in [-0.3, -0.25) is 9.78 Å². The second-order valence-corrected chi connectivity index (χ2v) is 5.93. The molecule has 1 saturated heterocycles. The van der Waals surface area contributed by atoms with E-state index < -0.39 is 6.10 Å². The van der Waals surface area contributed by atoms with Crippen molar-refractivity contribution in [3.8, 4) is 5.75 Å². The van der Waals surface area contributed by atoms with Crippen molar-refractivity contribution < 1.29 is 19.1 Å². The number of aliphatic hydroxyl groups excluding tert-OH is 1. The second kappa shape index (κ2) is 7.00. The minimum absolute atomic E-state index is 0.183. The standard InChI is InChI=1S/C17H21N3O4/c1-11-15(4-3-7-18-11)24-16-6-9-20(8-5-14(16)21)17(22)13-10-23-12(2)19-13/h3-4,7,10,14,16,21H,5-6,8-9H2,1-2H3/t14-,16-/m0/s1. The van der Waals surface area contributed by atoms with Crippen LogP contribution in [0.25, 0.3) is 0 Å². The third-order valence-electron chi connectivity index (χ3n) is 4.17. The van der Waals surface area contributed by atoms with Crippen molar-refractivity contribution in [3.05, 3.63) is 41.9 Å². The number of aromatic nitrogens is 2. The number of amides is 1. The van der Waals surface area contributed by atoms with Crippen molar-refractivity contribution in [1.29, 1.82) is 0 Å². The molecule has 0 spiro atoms. The number of likely N-dealkylation sites (tertiary alicyclic amines) is 1. The Morgan fingerprint density at radius 2 is 2.17 bits per heavy atom. The number of nitrogens with zero attached hydrogens (tertiary/aromatic N) is 3. The van der Waals surface area contributed by atoms with Crippen LogP contribution in [0, 0.1) is 13.8 Å². The average Bonchev–Trinajstić information content (AvgIpc) is 2.92. The molecule has 3 rings (SSSR count). The predicted octanol–water partition coefficient (Wildman–Crippen LogP) is 1.73. The van der Waals surface area contributed by atoms with Gasteiger partial charge in [-0.05, 0) is 25.5 Å². The summed E-state index contributed by atoms with van der Waals surface area (Å²) in [6.07, 6.45) is 3.05. The molecule has 0 bridgehead atoms. The number of carbonyl (C=O) groups excluding carboxylic acids is 1. The van der Waals surface area contributed by atoms with E-state index in [1.807, 2.05) is 13.0 Å². The van der Waals surface area contributed by atoms with E-state index in [9.17, 15) is 9.90 Å². The van der Waals surface area contributed by atoms with Crippen LogP contribution in [0.3, 0.4) is 0 Å². The first-order chi connectivity index (χ1) is 11.5. The highest BCUT2D eigenvalue weighted by Crippen LogP contribution is 2.22. The fraction of sp³-hybridized carbons (Fsp3) is 0.471. The zero-order valence-electron chi connectivity index (χ0n) is 13.8. The van der Waals surface area contributed by atoms with E-state index in [4.69, 9.17) is 9.15 Å². The lowest BCUT2D eigenvalue weighted by molar-refractivity contribution is 0.0343. The largest absolute Gasteiger partial charge is 0.486 e. The number of rotatable bonds is 3. The maximum Gasteiger partial charge on any atom is 0.275 e. The molecule has 2 aromatic rings. The number of carbonyl (C=O) groups is 1. The second-order valence-electron chi connectivity index (χ2n) is 5.93. The molecule has 24 heavy (non-hydrogen) atoms. The molecule has 1 N–H and O–H groups in total. The van der Waals surface area contributed by atoms with Crippen LogP contribution < -0.4 is 4.74 Å². The van der Waals surface area contributed by atoms with E-state index in [-0.39, 0.29) is 12.0 Å². The fourth-order valence-corrected chi connectivity index (χ4v) is 2.78. The number of pyridine rings is 1. The molecule has 3 heterocycles. The first kappa shape index (κ1) is 16.4. The van der Waals surface area contributed by atoms with E-state index >= 15 is 0 Å². The van der Waals surface area contributed by atoms with Gasteiger partial charge in [-0.1, -0.05) is 0 Å². The molecule has 0 saturated carbocycles. The van der Waals surface area contributed by atoms with Crippen LogP contribution >= 0.6 is 0 Å². The lowest BCUT2D eigenvalue weighted by atomic mass is 10.1. The molecule has 2 aromatic heterocycles. The Kier molecular flexibility index (Phi) is 4.80. The molecule has 7 heteroatoms. The zero-order valence-corrected chi connectivity index (χ0v) is 13.8. The van der Waals surface area contributed by atoms with Crippen LogP contribution in [0.4, 0.5) is 0 Å². The van der Waals surface area contributed by atoms with Crippen LogP contribution in [0.1, 0.15) is 34.9 Å². The van der Waals surface area contributed by atoms with Gasteiger partial charge in [0.15, 0.2) is 11.6 Å². The number of hydrogen-bond donors (Lipinski definition) is 1. The van der Waals surface area contributed by atoms with E-state index in [0.717, 1.165) is 5.69 Å². The van der Waals surface area contributed by atoms with Crippen molar-refractivity contribution in [1.82, 2.24) is 14.9 Å². The number of aryl methyl sites for hydroxylation is 2. The van der Waals surface area contributed by atoms with Crippen molar-refractivity contribution >= 4 is 5.91 Å². The minimum atomic E-state index is -0.638. The molecule has 2 atom stereocenters. The summed E-state index contributed by atoms with van der Waals surface area (Å²) in [7, 11) is 0. The van der Waals surface area contributed by atoms with Gasteiger partial charge in [0.25, 0.3) is 5.91 Å². The zero-order chi connectivity index (χ0) is 17.1. The maximum absolute atomic E-state index is 12.5. The van der Waals surface area contributed by atoms with Crippen LogP contribution in [0.2, 0.25) is 0 Å². The van der Waals surface area contributed by atoms with Crippen LogP contribution in [0.5, 0.6) is 5.75 Å². The summed E-state index contributed by atoms with van der Waals surface area (Å²) in [5, 5.41) is 10.4. The third kappa shape index (κ3) is 3.56. The van der Waals surface area contributed by atoms with Crippen molar-refractivity contribution in [2.75, 3.05) is 13.1 Å². The van der Waals surface area contributed by atoms with Crippen molar-refractivity contribution in [3.63, 3.8) is 0 Å². The monoisotopic (exact) mass is 331 g/mol. The Labute approximate surface area is 140 Å². The Morgan fingerprint density at radius 1 is 1.38 bits per heavy atom. The summed E-state index contributed by atoms with van der Waals surface area (Å²) in [6, 6.07) is 3.63. The number of hydrogen-bond acceptors (Lipinski definition) is 6. The summed E-state index contributed by atoms with van der Waals surface area (Å²) in [6.45, 7) is 4.51. The topological polar surface area (TPSA) is 88.7 Å². The summed E-state index contributed by atoms with van der Waals surface area (Å²) >= 11 is 0. The minimum Gasteiger partial charge on any atom is -0.486 e. The van der Waals surface area contributed by atoms with Crippen molar-refractivity contribution in [2.45, 2.75) is 38.9 Å². The number of aliphatic hydroxyl groups is 1. The molecule has 7 nitrogen and oxygen atoms in total. The van der Waals surface area contributed by atoms with E-state index in [1.165, 1.54) is 6.26 Å². The summed E-state index contributed by atoms with van der Waals surface area (Å²) in [5.41, 5.74) is 1.07. The van der Waals surface area contributed by atoms with Crippen LogP contribution in [-0.4, -0.2) is 51.2 Å². The predicted molar refractivity (Wildman–Crippen MR) is 85.8 cm³/mol. The number of oxazole rings is 1. The molecule has 0 unspecified atom stereocenters. The molecular weight excluding hydrogens is 310 g/mol. The molecule has 0 aromatic carbocycles. The fourth-order valence-electron chi connectivity index (χ4n) is 2.78. The van der Waals surface area contributed by atoms with Crippen LogP contribution in [-0.2, 0) is 0 Å². The highest BCUT2D eigenvalue weighted by molar-refractivity contribution is 5.92. The van der Waals surface area contributed by atoms with E-state index in [0.29, 0.717) is 43.3 Å². The first-order valence-electron chi connectivity index (χ1n) is 8.02. The lowest BCUT2D eigenvalue weighted by Gasteiger charge is -2.22. The van der Waals surface area contributed by atoms with Gasteiger partial charge in [0.05, 0.1) is 11.8 Å². The Morgan fingerprint density at radius 3 is 2.88 bits per heavy atom. The van der Waals surface area contributed by atoms with Gasteiger partial charge in [-0.15, -0.1) is 0 Å². The molecule has 1 amide bonds. The van der Waals surface area contributed by atoms with Gasteiger partial charge in [0, 0.05) is 32.6 Å². The first-order valence-corrected chi connectivity index (χ1v) is 8.02. The SMILES string of the molecule is Cc1nc(C(=O)N2CC[C@H](Oc3cccnc3C)[C@@H](O)CC2)co1. The highest BCUT2D eigenvalue weighted by atomic mass is 16.5. The summed E-state index contributed by atoms with van der Waals surface area (Å²) in [5.74, 6) is 0.937. The normalized spacial score (nSPS) is 21.4. The van der Waals surface area contributed by atoms with Gasteiger partial charge in [0.1, 0.15) is 18.1 Å². The Bertz CT molecular complexity index is 715. The highest BCUT2D eigenvalue weighted by Gasteiger charge is 2.30.